The average molecular weight is 281 g/mol. The molecule has 1 aromatic carbocycles. The Kier molecular flexibility index (Phi) is 4.11. The van der Waals surface area contributed by atoms with E-state index in [1.54, 1.807) is 24.1 Å². The molecule has 6 heteroatoms. The van der Waals surface area contributed by atoms with Crippen LogP contribution >= 0.6 is 12.2 Å². The summed E-state index contributed by atoms with van der Waals surface area (Å²) in [6, 6.07) is 4.58. The van der Waals surface area contributed by atoms with Gasteiger partial charge in [0.05, 0.1) is 6.54 Å². The molecule has 0 atom stereocenters. The van der Waals surface area contributed by atoms with Gasteiger partial charge in [0, 0.05) is 37.8 Å². The molecule has 1 heterocycles. The number of hydrogen-bond acceptors (Lipinski definition) is 3. The summed E-state index contributed by atoms with van der Waals surface area (Å²) in [4.78, 5) is 15.5. The summed E-state index contributed by atoms with van der Waals surface area (Å²) < 4.78 is 13.8. The maximum Gasteiger partial charge on any atom is 0.236 e. The van der Waals surface area contributed by atoms with Gasteiger partial charge < -0.3 is 10.6 Å². The van der Waals surface area contributed by atoms with Crippen molar-refractivity contribution in [1.82, 2.24) is 9.80 Å². The first kappa shape index (κ1) is 13.9. The van der Waals surface area contributed by atoms with E-state index < -0.39 is 0 Å². The van der Waals surface area contributed by atoms with Crippen LogP contribution in [-0.4, -0.2) is 47.4 Å². The fourth-order valence-corrected chi connectivity index (χ4v) is 2.16. The number of benzene rings is 1. The molecular weight excluding hydrogens is 265 g/mol. The highest BCUT2D eigenvalue weighted by Gasteiger charge is 2.21. The van der Waals surface area contributed by atoms with Crippen molar-refractivity contribution >= 4 is 23.1 Å². The van der Waals surface area contributed by atoms with Crippen molar-refractivity contribution in [2.24, 2.45) is 5.73 Å². The lowest BCUT2D eigenvalue weighted by molar-refractivity contribution is -0.134. The van der Waals surface area contributed by atoms with Crippen LogP contribution in [-0.2, 0) is 11.3 Å². The molecule has 0 unspecified atom stereocenters. The first-order valence-electron chi connectivity index (χ1n) is 6.02. The Labute approximate surface area is 117 Å². The van der Waals surface area contributed by atoms with Crippen molar-refractivity contribution in [2.75, 3.05) is 26.7 Å². The molecule has 19 heavy (non-hydrogen) atoms. The summed E-state index contributed by atoms with van der Waals surface area (Å²) in [5.41, 5.74) is 6.70. The minimum absolute atomic E-state index is 0.0529. The number of halogens is 1. The van der Waals surface area contributed by atoms with E-state index in [0.717, 1.165) is 6.54 Å². The summed E-state index contributed by atoms with van der Waals surface area (Å²) in [5, 5.41) is 0. The summed E-state index contributed by atoms with van der Waals surface area (Å²) in [6.45, 7) is 2.10. The highest BCUT2D eigenvalue weighted by Crippen LogP contribution is 2.14. The SMILES string of the molecule is CN1CCN(Cc2cc(C(N)=S)ccc2F)CC1=O. The molecule has 1 aliphatic heterocycles. The fourth-order valence-electron chi connectivity index (χ4n) is 2.03. The van der Waals surface area contributed by atoms with Gasteiger partial charge in [0.15, 0.2) is 0 Å². The third-order valence-electron chi connectivity index (χ3n) is 3.26. The van der Waals surface area contributed by atoms with Crippen molar-refractivity contribution < 1.29 is 9.18 Å². The molecule has 4 nitrogen and oxygen atoms in total. The zero-order valence-electron chi connectivity index (χ0n) is 10.7. The molecule has 102 valence electrons. The van der Waals surface area contributed by atoms with Crippen LogP contribution in [0.5, 0.6) is 0 Å². The van der Waals surface area contributed by atoms with E-state index >= 15 is 0 Å². The van der Waals surface area contributed by atoms with Gasteiger partial charge in [-0.1, -0.05) is 12.2 Å². The van der Waals surface area contributed by atoms with Gasteiger partial charge in [0.1, 0.15) is 10.8 Å². The number of piperazine rings is 1. The Morgan fingerprint density at radius 3 is 2.84 bits per heavy atom. The highest BCUT2D eigenvalue weighted by atomic mass is 32.1. The van der Waals surface area contributed by atoms with E-state index in [4.69, 9.17) is 18.0 Å². The average Bonchev–Trinajstić information content (AvgIpc) is 2.36. The second-order valence-corrected chi connectivity index (χ2v) is 5.14. The van der Waals surface area contributed by atoms with Crippen LogP contribution in [0.15, 0.2) is 18.2 Å². The predicted molar refractivity (Wildman–Crippen MR) is 75.2 cm³/mol. The van der Waals surface area contributed by atoms with Crippen LogP contribution in [0.4, 0.5) is 4.39 Å². The summed E-state index contributed by atoms with van der Waals surface area (Å²) >= 11 is 4.88. The molecule has 1 saturated heterocycles. The molecule has 2 rings (SSSR count). The number of carbonyl (C=O) groups excluding carboxylic acids is 1. The van der Waals surface area contributed by atoms with Crippen LogP contribution in [0, 0.1) is 5.82 Å². The number of thiocarbonyl (C=S) groups is 1. The fraction of sp³-hybridized carbons (Fsp3) is 0.385. The second-order valence-electron chi connectivity index (χ2n) is 4.70. The second kappa shape index (κ2) is 5.63. The zero-order valence-corrected chi connectivity index (χ0v) is 11.5. The largest absolute Gasteiger partial charge is 0.389 e. The summed E-state index contributed by atoms with van der Waals surface area (Å²) in [7, 11) is 1.77. The summed E-state index contributed by atoms with van der Waals surface area (Å²) in [6.07, 6.45) is 0. The van der Waals surface area contributed by atoms with E-state index in [9.17, 15) is 9.18 Å². The molecule has 1 fully saturated rings. The summed E-state index contributed by atoms with van der Waals surface area (Å²) in [5.74, 6) is -0.247. The minimum Gasteiger partial charge on any atom is -0.389 e. The van der Waals surface area contributed by atoms with Crippen LogP contribution in [0.2, 0.25) is 0 Å². The quantitative estimate of drug-likeness (QED) is 0.830. The lowest BCUT2D eigenvalue weighted by atomic mass is 10.1. The van der Waals surface area contributed by atoms with Gasteiger partial charge in [-0.2, -0.15) is 0 Å². The smallest absolute Gasteiger partial charge is 0.236 e. The van der Waals surface area contributed by atoms with Crippen LogP contribution in [0.1, 0.15) is 11.1 Å². The van der Waals surface area contributed by atoms with E-state index in [1.807, 2.05) is 4.90 Å². The third kappa shape index (κ3) is 3.27. The Balaban J connectivity index is 2.12. The highest BCUT2D eigenvalue weighted by molar-refractivity contribution is 7.80. The van der Waals surface area contributed by atoms with Crippen molar-refractivity contribution in [3.8, 4) is 0 Å². The van der Waals surface area contributed by atoms with Crippen LogP contribution in [0.3, 0.4) is 0 Å². The van der Waals surface area contributed by atoms with Gasteiger partial charge in [-0.3, -0.25) is 9.69 Å². The standard InChI is InChI=1S/C13H16FN3OS/c1-16-4-5-17(8-12(16)18)7-10-6-9(13(15)19)2-3-11(10)14/h2-3,6H,4-5,7-8H2,1H3,(H2,15,19). The van der Waals surface area contributed by atoms with Crippen LogP contribution < -0.4 is 5.73 Å². The van der Waals surface area contributed by atoms with Gasteiger partial charge in [0.25, 0.3) is 0 Å². The number of likely N-dealkylation sites (N-methyl/N-ethyl adjacent to an activating group) is 1. The molecular formula is C13H16FN3OS. The van der Waals surface area contributed by atoms with Crippen molar-refractivity contribution in [1.29, 1.82) is 0 Å². The number of carbonyl (C=O) groups is 1. The number of hydrogen-bond donors (Lipinski definition) is 1. The molecule has 0 aliphatic carbocycles. The lowest BCUT2D eigenvalue weighted by Gasteiger charge is -2.32. The molecule has 1 amide bonds. The Hall–Kier alpha value is -1.53. The monoisotopic (exact) mass is 281 g/mol. The molecule has 0 bridgehead atoms. The van der Waals surface area contributed by atoms with Gasteiger partial charge in [0.2, 0.25) is 5.91 Å². The third-order valence-corrected chi connectivity index (χ3v) is 3.50. The van der Waals surface area contributed by atoms with E-state index in [0.29, 0.717) is 30.8 Å². The van der Waals surface area contributed by atoms with Crippen molar-refractivity contribution in [2.45, 2.75) is 6.54 Å². The maximum absolute atomic E-state index is 13.8. The van der Waals surface area contributed by atoms with E-state index in [2.05, 4.69) is 0 Å². The maximum atomic E-state index is 13.8. The number of rotatable bonds is 3. The number of nitrogens with zero attached hydrogens (tertiary/aromatic N) is 2. The van der Waals surface area contributed by atoms with Gasteiger partial charge in [-0.25, -0.2) is 4.39 Å². The van der Waals surface area contributed by atoms with Gasteiger partial charge in [-0.05, 0) is 18.2 Å². The van der Waals surface area contributed by atoms with Crippen LogP contribution in [0.25, 0.3) is 0 Å². The minimum atomic E-state index is -0.300. The first-order valence-corrected chi connectivity index (χ1v) is 6.43. The molecule has 0 spiro atoms. The Bertz CT molecular complexity index is 521. The molecule has 1 aliphatic rings. The molecule has 0 radical (unpaired) electrons. The van der Waals surface area contributed by atoms with Crippen molar-refractivity contribution in [3.63, 3.8) is 0 Å². The van der Waals surface area contributed by atoms with E-state index in [1.165, 1.54) is 6.07 Å². The van der Waals surface area contributed by atoms with Gasteiger partial charge >= 0.3 is 0 Å². The van der Waals surface area contributed by atoms with E-state index in [-0.39, 0.29) is 16.7 Å². The molecule has 0 saturated carbocycles. The molecule has 1 aromatic rings. The topological polar surface area (TPSA) is 49.6 Å². The Morgan fingerprint density at radius 1 is 1.47 bits per heavy atom. The predicted octanol–water partition coefficient (Wildman–Crippen LogP) is 0.734. The first-order chi connectivity index (χ1) is 8.97. The van der Waals surface area contributed by atoms with Gasteiger partial charge in [-0.15, -0.1) is 0 Å². The Morgan fingerprint density at radius 2 is 2.21 bits per heavy atom. The van der Waals surface area contributed by atoms with Crippen molar-refractivity contribution in [3.05, 3.63) is 35.1 Å². The zero-order chi connectivity index (χ0) is 14.0. The number of amides is 1. The normalized spacial score (nSPS) is 16.7. The molecule has 0 aromatic heterocycles. The molecule has 2 N–H and O–H groups in total. The number of nitrogens with two attached hydrogens (primary N) is 1. The lowest BCUT2D eigenvalue weighted by Crippen LogP contribution is -2.48.